The van der Waals surface area contributed by atoms with Gasteiger partial charge in [0.1, 0.15) is 0 Å². The molecule has 0 saturated heterocycles. The SMILES string of the molecule is Cc1cccc(C(=O)OCC(=O)NCc2ccccc2)c1N. The molecule has 22 heavy (non-hydrogen) atoms. The number of anilines is 1. The summed E-state index contributed by atoms with van der Waals surface area (Å²) in [5.41, 5.74) is 8.24. The second kappa shape index (κ2) is 7.26. The lowest BCUT2D eigenvalue weighted by molar-refractivity contribution is -0.124. The number of nitrogens with two attached hydrogens (primary N) is 1. The zero-order valence-corrected chi connectivity index (χ0v) is 12.3. The molecule has 2 aromatic carbocycles. The van der Waals surface area contributed by atoms with Crippen molar-refractivity contribution in [3.63, 3.8) is 0 Å². The average molecular weight is 298 g/mol. The lowest BCUT2D eigenvalue weighted by Gasteiger charge is -2.09. The molecule has 5 nitrogen and oxygen atoms in total. The third-order valence-corrected chi connectivity index (χ3v) is 3.21. The van der Waals surface area contributed by atoms with Crippen LogP contribution in [-0.2, 0) is 16.1 Å². The van der Waals surface area contributed by atoms with Crippen LogP contribution < -0.4 is 11.1 Å². The van der Waals surface area contributed by atoms with Crippen LogP contribution in [0.4, 0.5) is 5.69 Å². The number of benzene rings is 2. The van der Waals surface area contributed by atoms with E-state index in [1.165, 1.54) is 0 Å². The maximum absolute atomic E-state index is 11.9. The number of aryl methyl sites for hydroxylation is 1. The summed E-state index contributed by atoms with van der Waals surface area (Å²) < 4.78 is 4.98. The fraction of sp³-hybridized carbons (Fsp3) is 0.176. The maximum Gasteiger partial charge on any atom is 0.340 e. The van der Waals surface area contributed by atoms with Crippen molar-refractivity contribution in [1.82, 2.24) is 5.32 Å². The molecule has 0 aromatic heterocycles. The van der Waals surface area contributed by atoms with Crippen molar-refractivity contribution in [2.45, 2.75) is 13.5 Å². The van der Waals surface area contributed by atoms with Crippen LogP contribution in [0.3, 0.4) is 0 Å². The van der Waals surface area contributed by atoms with E-state index < -0.39 is 5.97 Å². The van der Waals surface area contributed by atoms with Gasteiger partial charge in [-0.3, -0.25) is 4.79 Å². The van der Waals surface area contributed by atoms with Crippen LogP contribution in [0.2, 0.25) is 0 Å². The molecular formula is C17H18N2O3. The summed E-state index contributed by atoms with van der Waals surface area (Å²) in [5, 5.41) is 2.68. The van der Waals surface area contributed by atoms with Gasteiger partial charge in [-0.05, 0) is 24.1 Å². The molecule has 0 saturated carbocycles. The molecule has 114 valence electrons. The second-order valence-electron chi connectivity index (χ2n) is 4.87. The minimum atomic E-state index is -0.601. The highest BCUT2D eigenvalue weighted by molar-refractivity contribution is 5.96. The van der Waals surface area contributed by atoms with E-state index in [-0.39, 0.29) is 18.1 Å². The Kier molecular flexibility index (Phi) is 5.14. The molecular weight excluding hydrogens is 280 g/mol. The number of rotatable bonds is 5. The summed E-state index contributed by atoms with van der Waals surface area (Å²) in [6.45, 7) is 1.86. The van der Waals surface area contributed by atoms with Gasteiger partial charge in [-0.1, -0.05) is 42.5 Å². The monoisotopic (exact) mass is 298 g/mol. The normalized spacial score (nSPS) is 10.0. The van der Waals surface area contributed by atoms with Gasteiger partial charge >= 0.3 is 5.97 Å². The highest BCUT2D eigenvalue weighted by atomic mass is 16.5. The minimum Gasteiger partial charge on any atom is -0.452 e. The molecule has 0 bridgehead atoms. The third kappa shape index (κ3) is 4.09. The Balaban J connectivity index is 1.83. The Labute approximate surface area is 129 Å². The van der Waals surface area contributed by atoms with E-state index in [1.807, 2.05) is 30.3 Å². The third-order valence-electron chi connectivity index (χ3n) is 3.21. The topological polar surface area (TPSA) is 81.4 Å². The van der Waals surface area contributed by atoms with Gasteiger partial charge in [0.15, 0.2) is 6.61 Å². The van der Waals surface area contributed by atoms with Crippen molar-refractivity contribution in [2.24, 2.45) is 0 Å². The molecule has 2 rings (SSSR count). The van der Waals surface area contributed by atoms with Gasteiger partial charge in [-0.25, -0.2) is 4.79 Å². The zero-order valence-electron chi connectivity index (χ0n) is 12.3. The standard InChI is InChI=1S/C17H18N2O3/c1-12-6-5-9-14(16(12)18)17(21)22-11-15(20)19-10-13-7-3-2-4-8-13/h2-9H,10-11,18H2,1H3,(H,19,20). The fourth-order valence-electron chi connectivity index (χ4n) is 1.92. The van der Waals surface area contributed by atoms with Crippen LogP contribution in [0.25, 0.3) is 0 Å². The molecule has 0 aliphatic heterocycles. The number of carbonyl (C=O) groups is 2. The average Bonchev–Trinajstić information content (AvgIpc) is 2.54. The van der Waals surface area contributed by atoms with Crippen LogP contribution in [-0.4, -0.2) is 18.5 Å². The van der Waals surface area contributed by atoms with Crippen molar-refractivity contribution in [3.05, 3.63) is 65.2 Å². The first-order valence-corrected chi connectivity index (χ1v) is 6.91. The van der Waals surface area contributed by atoms with Gasteiger partial charge in [-0.15, -0.1) is 0 Å². The quantitative estimate of drug-likeness (QED) is 0.654. The van der Waals surface area contributed by atoms with E-state index in [4.69, 9.17) is 10.5 Å². The molecule has 0 atom stereocenters. The molecule has 5 heteroatoms. The number of carbonyl (C=O) groups excluding carboxylic acids is 2. The van der Waals surface area contributed by atoms with Gasteiger partial charge in [0, 0.05) is 12.2 Å². The van der Waals surface area contributed by atoms with E-state index >= 15 is 0 Å². The van der Waals surface area contributed by atoms with E-state index in [0.29, 0.717) is 12.2 Å². The van der Waals surface area contributed by atoms with Crippen molar-refractivity contribution in [1.29, 1.82) is 0 Å². The zero-order chi connectivity index (χ0) is 15.9. The largest absolute Gasteiger partial charge is 0.452 e. The summed E-state index contributed by atoms with van der Waals surface area (Å²) in [6, 6.07) is 14.6. The summed E-state index contributed by atoms with van der Waals surface area (Å²) in [6.07, 6.45) is 0. The van der Waals surface area contributed by atoms with E-state index in [1.54, 1.807) is 25.1 Å². The number of esters is 1. The predicted molar refractivity (Wildman–Crippen MR) is 84.2 cm³/mol. The predicted octanol–water partition coefficient (Wildman–Crippen LogP) is 2.05. The van der Waals surface area contributed by atoms with Gasteiger partial charge in [-0.2, -0.15) is 0 Å². The van der Waals surface area contributed by atoms with Crippen LogP contribution >= 0.6 is 0 Å². The van der Waals surface area contributed by atoms with Crippen LogP contribution in [0.1, 0.15) is 21.5 Å². The first kappa shape index (κ1) is 15.6. The molecule has 3 N–H and O–H groups in total. The van der Waals surface area contributed by atoms with Crippen molar-refractivity contribution in [3.8, 4) is 0 Å². The van der Waals surface area contributed by atoms with Crippen molar-refractivity contribution >= 4 is 17.6 Å². The highest BCUT2D eigenvalue weighted by Gasteiger charge is 2.14. The Morgan fingerprint density at radius 1 is 1.09 bits per heavy atom. The first-order valence-electron chi connectivity index (χ1n) is 6.91. The van der Waals surface area contributed by atoms with Crippen LogP contribution in [0.5, 0.6) is 0 Å². The summed E-state index contributed by atoms with van der Waals surface area (Å²) in [4.78, 5) is 23.6. The Morgan fingerprint density at radius 2 is 1.82 bits per heavy atom. The summed E-state index contributed by atoms with van der Waals surface area (Å²) in [5.74, 6) is -0.959. The smallest absolute Gasteiger partial charge is 0.340 e. The molecule has 0 spiro atoms. The first-order chi connectivity index (χ1) is 10.6. The molecule has 1 amide bonds. The number of amides is 1. The minimum absolute atomic E-state index is 0.274. The van der Waals surface area contributed by atoms with Gasteiger partial charge < -0.3 is 15.8 Å². The fourth-order valence-corrected chi connectivity index (χ4v) is 1.92. The number of nitrogen functional groups attached to an aromatic ring is 1. The lowest BCUT2D eigenvalue weighted by atomic mass is 10.1. The molecule has 0 radical (unpaired) electrons. The number of hydrogen-bond donors (Lipinski definition) is 2. The molecule has 0 aliphatic rings. The second-order valence-corrected chi connectivity index (χ2v) is 4.87. The lowest BCUT2D eigenvalue weighted by Crippen LogP contribution is -2.28. The van der Waals surface area contributed by atoms with E-state index in [9.17, 15) is 9.59 Å². The van der Waals surface area contributed by atoms with E-state index in [2.05, 4.69) is 5.32 Å². The number of nitrogens with one attached hydrogen (secondary N) is 1. The number of para-hydroxylation sites is 1. The van der Waals surface area contributed by atoms with Crippen LogP contribution in [0.15, 0.2) is 48.5 Å². The van der Waals surface area contributed by atoms with E-state index in [0.717, 1.165) is 11.1 Å². The molecule has 0 aliphatic carbocycles. The molecule has 2 aromatic rings. The van der Waals surface area contributed by atoms with Gasteiger partial charge in [0.25, 0.3) is 5.91 Å². The number of ether oxygens (including phenoxy) is 1. The maximum atomic E-state index is 11.9. The molecule has 0 fully saturated rings. The Bertz CT molecular complexity index is 669. The van der Waals surface area contributed by atoms with Gasteiger partial charge in [0.2, 0.25) is 0 Å². The van der Waals surface area contributed by atoms with Crippen molar-refractivity contribution < 1.29 is 14.3 Å². The van der Waals surface area contributed by atoms with Crippen molar-refractivity contribution in [2.75, 3.05) is 12.3 Å². The molecule has 0 unspecified atom stereocenters. The highest BCUT2D eigenvalue weighted by Crippen LogP contribution is 2.17. The number of hydrogen-bond acceptors (Lipinski definition) is 4. The molecule has 0 heterocycles. The van der Waals surface area contributed by atoms with Gasteiger partial charge in [0.05, 0.1) is 5.56 Å². The summed E-state index contributed by atoms with van der Waals surface area (Å²) >= 11 is 0. The summed E-state index contributed by atoms with van der Waals surface area (Å²) in [7, 11) is 0. The Morgan fingerprint density at radius 3 is 2.55 bits per heavy atom. The van der Waals surface area contributed by atoms with Crippen LogP contribution in [0, 0.1) is 6.92 Å². The Hall–Kier alpha value is -2.82.